The molecule has 1 amide bonds. The van der Waals surface area contributed by atoms with Crippen molar-refractivity contribution in [2.45, 2.75) is 37.5 Å². The third-order valence-electron chi connectivity index (χ3n) is 6.94. The maximum Gasteiger partial charge on any atom is 0.307 e. The molecule has 2 fully saturated rings. The molecule has 0 spiro atoms. The number of hydrogen-bond donors (Lipinski definition) is 1. The maximum absolute atomic E-state index is 13.1. The van der Waals surface area contributed by atoms with Crippen LogP contribution in [0.15, 0.2) is 41.3 Å². The summed E-state index contributed by atoms with van der Waals surface area (Å²) in [7, 11) is -3.63. The number of carbonyl (C=O) groups is 2. The number of nitrogens with zero attached hydrogens (tertiary/aromatic N) is 2. The summed E-state index contributed by atoms with van der Waals surface area (Å²) in [5, 5.41) is 9.61. The Hall–Kier alpha value is -2.19. The van der Waals surface area contributed by atoms with Crippen LogP contribution in [0.1, 0.15) is 32.8 Å². The summed E-state index contributed by atoms with van der Waals surface area (Å²) in [6.07, 6.45) is 4.60. The number of allylic oxidation sites excluding steroid dienone is 2. The van der Waals surface area contributed by atoms with Crippen molar-refractivity contribution in [3.8, 4) is 0 Å². The molecule has 8 heteroatoms. The molecule has 1 heterocycles. The van der Waals surface area contributed by atoms with Crippen molar-refractivity contribution in [2.75, 3.05) is 26.2 Å². The summed E-state index contributed by atoms with van der Waals surface area (Å²) in [5.41, 5.74) is 1.01. The van der Waals surface area contributed by atoms with E-state index in [1.54, 1.807) is 17.0 Å². The average Bonchev–Trinajstić information content (AvgIpc) is 3.34. The molecule has 1 aromatic carbocycles. The minimum atomic E-state index is -3.63. The lowest BCUT2D eigenvalue weighted by Crippen LogP contribution is -2.53. The largest absolute Gasteiger partial charge is 0.481 e. The molecular weight excluding hydrogens is 416 g/mol. The number of amides is 1. The normalized spacial score (nSPS) is 28.8. The number of fused-ring (bicyclic) bond motifs is 2. The highest BCUT2D eigenvalue weighted by molar-refractivity contribution is 7.89. The van der Waals surface area contributed by atoms with Crippen molar-refractivity contribution in [1.82, 2.24) is 9.21 Å². The number of hydrogen-bond acceptors (Lipinski definition) is 4. The van der Waals surface area contributed by atoms with Crippen molar-refractivity contribution in [3.63, 3.8) is 0 Å². The van der Waals surface area contributed by atoms with E-state index in [0.717, 1.165) is 5.56 Å². The first-order valence-electron chi connectivity index (χ1n) is 10.8. The van der Waals surface area contributed by atoms with E-state index in [1.807, 2.05) is 24.3 Å². The fourth-order valence-electron chi connectivity index (χ4n) is 5.13. The third kappa shape index (κ3) is 3.91. The van der Waals surface area contributed by atoms with Crippen molar-refractivity contribution in [2.24, 2.45) is 23.7 Å². The molecule has 0 radical (unpaired) electrons. The van der Waals surface area contributed by atoms with E-state index in [4.69, 9.17) is 0 Å². The van der Waals surface area contributed by atoms with E-state index in [1.165, 1.54) is 4.31 Å². The minimum absolute atomic E-state index is 0.0262. The fraction of sp³-hybridized carbons (Fsp3) is 0.565. The Morgan fingerprint density at radius 3 is 2.00 bits per heavy atom. The van der Waals surface area contributed by atoms with Crippen molar-refractivity contribution in [1.29, 1.82) is 0 Å². The zero-order valence-electron chi connectivity index (χ0n) is 18.2. The van der Waals surface area contributed by atoms with Gasteiger partial charge in [0.2, 0.25) is 15.9 Å². The molecule has 168 valence electrons. The molecule has 1 aliphatic heterocycles. The number of carboxylic acids is 1. The van der Waals surface area contributed by atoms with Crippen LogP contribution in [0.25, 0.3) is 0 Å². The second kappa shape index (κ2) is 7.74. The number of piperazine rings is 1. The number of aliphatic carboxylic acids is 1. The number of carboxylic acid groups (broad SMARTS) is 1. The molecule has 4 rings (SSSR count). The van der Waals surface area contributed by atoms with Gasteiger partial charge < -0.3 is 10.0 Å². The van der Waals surface area contributed by atoms with E-state index in [0.29, 0.717) is 6.42 Å². The average molecular weight is 447 g/mol. The third-order valence-corrected chi connectivity index (χ3v) is 8.85. The molecule has 31 heavy (non-hydrogen) atoms. The van der Waals surface area contributed by atoms with Gasteiger partial charge in [-0.25, -0.2) is 8.42 Å². The van der Waals surface area contributed by atoms with Crippen LogP contribution in [0.2, 0.25) is 0 Å². The van der Waals surface area contributed by atoms with E-state index in [-0.39, 0.29) is 54.2 Å². The van der Waals surface area contributed by atoms with Gasteiger partial charge in [-0.15, -0.1) is 0 Å². The van der Waals surface area contributed by atoms with Gasteiger partial charge in [0.05, 0.1) is 16.7 Å². The van der Waals surface area contributed by atoms with Gasteiger partial charge in [-0.05, 0) is 41.4 Å². The number of rotatable bonds is 4. The Kier molecular flexibility index (Phi) is 5.50. The monoisotopic (exact) mass is 446 g/mol. The van der Waals surface area contributed by atoms with Gasteiger partial charge in [0.1, 0.15) is 0 Å². The van der Waals surface area contributed by atoms with Crippen molar-refractivity contribution >= 4 is 21.9 Å². The van der Waals surface area contributed by atoms with Crippen LogP contribution in [-0.4, -0.2) is 60.8 Å². The van der Waals surface area contributed by atoms with Crippen LogP contribution in [0.5, 0.6) is 0 Å². The van der Waals surface area contributed by atoms with E-state index in [9.17, 15) is 23.1 Å². The lowest BCUT2D eigenvalue weighted by atomic mass is 9.82. The van der Waals surface area contributed by atoms with E-state index in [2.05, 4.69) is 20.8 Å². The van der Waals surface area contributed by atoms with E-state index < -0.39 is 27.8 Å². The Bertz CT molecular complexity index is 1000. The van der Waals surface area contributed by atoms with Gasteiger partial charge in [0.15, 0.2) is 0 Å². The summed E-state index contributed by atoms with van der Waals surface area (Å²) in [6.45, 7) is 7.21. The molecule has 0 unspecified atom stereocenters. The molecule has 1 aromatic rings. The second-order valence-electron chi connectivity index (χ2n) is 9.84. The number of carbonyl (C=O) groups excluding carboxylic acids is 1. The standard InChI is InChI=1S/C23H30N2O5S/c1-23(2,3)17-6-8-18(9-7-17)31(29,30)25-12-10-24(11-13-25)21(26)19-15-4-5-16(14-15)20(19)22(27)28/h4-9,15-16,19-20H,10-14H2,1-3H3,(H,27,28)/t15-,16-,19+,20+/m0/s1. The van der Waals surface area contributed by atoms with Crippen LogP contribution >= 0.6 is 0 Å². The first kappa shape index (κ1) is 22.0. The van der Waals surface area contributed by atoms with Crippen LogP contribution in [-0.2, 0) is 25.0 Å². The predicted molar refractivity (Wildman–Crippen MR) is 116 cm³/mol. The van der Waals surface area contributed by atoms with Gasteiger partial charge in [0, 0.05) is 26.2 Å². The van der Waals surface area contributed by atoms with Gasteiger partial charge in [0.25, 0.3) is 0 Å². The first-order valence-corrected chi connectivity index (χ1v) is 12.2. The molecule has 1 saturated heterocycles. The number of sulfonamides is 1. The highest BCUT2D eigenvalue weighted by atomic mass is 32.2. The summed E-state index contributed by atoms with van der Waals surface area (Å²) < 4.78 is 27.5. The Balaban J connectivity index is 1.43. The Labute approximate surface area is 183 Å². The van der Waals surface area contributed by atoms with E-state index >= 15 is 0 Å². The molecule has 7 nitrogen and oxygen atoms in total. The highest BCUT2D eigenvalue weighted by Gasteiger charge is 2.52. The van der Waals surface area contributed by atoms with Crippen LogP contribution in [0, 0.1) is 23.7 Å². The molecule has 3 aliphatic rings. The predicted octanol–water partition coefficient (Wildman–Crippen LogP) is 2.34. The smallest absolute Gasteiger partial charge is 0.307 e. The molecule has 0 aromatic heterocycles. The topological polar surface area (TPSA) is 95.0 Å². The van der Waals surface area contributed by atoms with Gasteiger partial charge >= 0.3 is 5.97 Å². The molecular formula is C23H30N2O5S. The molecule has 1 N–H and O–H groups in total. The fourth-order valence-corrected chi connectivity index (χ4v) is 6.55. The number of benzene rings is 1. The summed E-state index contributed by atoms with van der Waals surface area (Å²) in [6, 6.07) is 6.99. The van der Waals surface area contributed by atoms with Crippen LogP contribution in [0.4, 0.5) is 0 Å². The van der Waals surface area contributed by atoms with Gasteiger partial charge in [-0.3, -0.25) is 9.59 Å². The highest BCUT2D eigenvalue weighted by Crippen LogP contribution is 2.48. The lowest BCUT2D eigenvalue weighted by molar-refractivity contribution is -0.151. The van der Waals surface area contributed by atoms with Gasteiger partial charge in [-0.2, -0.15) is 4.31 Å². The van der Waals surface area contributed by atoms with Crippen molar-refractivity contribution in [3.05, 3.63) is 42.0 Å². The SMILES string of the molecule is CC(C)(C)c1ccc(S(=O)(=O)N2CCN(C(=O)[C@H]3[C@H](C(=O)O)[C@H]4C=C[C@H]3C4)CC2)cc1. The summed E-state index contributed by atoms with van der Waals surface area (Å²) in [4.78, 5) is 26.7. The molecule has 2 aliphatic carbocycles. The zero-order valence-corrected chi connectivity index (χ0v) is 19.0. The van der Waals surface area contributed by atoms with Crippen LogP contribution < -0.4 is 0 Å². The Morgan fingerprint density at radius 2 is 1.48 bits per heavy atom. The summed E-state index contributed by atoms with van der Waals surface area (Å²) in [5.74, 6) is -2.40. The van der Waals surface area contributed by atoms with Crippen molar-refractivity contribution < 1.29 is 23.1 Å². The Morgan fingerprint density at radius 1 is 0.935 bits per heavy atom. The lowest BCUT2D eigenvalue weighted by Gasteiger charge is -2.37. The maximum atomic E-state index is 13.1. The summed E-state index contributed by atoms with van der Waals surface area (Å²) >= 11 is 0. The zero-order chi connectivity index (χ0) is 22.6. The van der Waals surface area contributed by atoms with Crippen LogP contribution in [0.3, 0.4) is 0 Å². The van der Waals surface area contributed by atoms with Gasteiger partial charge in [-0.1, -0.05) is 45.1 Å². The quantitative estimate of drug-likeness (QED) is 0.717. The first-order chi connectivity index (χ1) is 14.5. The molecule has 1 saturated carbocycles. The molecule has 2 bridgehead atoms. The minimum Gasteiger partial charge on any atom is -0.481 e. The molecule has 4 atom stereocenters. The second-order valence-corrected chi connectivity index (χ2v) is 11.8.